The van der Waals surface area contributed by atoms with E-state index in [0.29, 0.717) is 12.8 Å². The number of hydrogen-bond acceptors (Lipinski definition) is 6. The zero-order chi connectivity index (χ0) is 14.8. The van der Waals surface area contributed by atoms with Crippen molar-refractivity contribution in [3.8, 4) is 0 Å². The molecule has 9 heteroatoms. The molecule has 1 aliphatic carbocycles. The summed E-state index contributed by atoms with van der Waals surface area (Å²) < 4.78 is 38.1. The van der Waals surface area contributed by atoms with Crippen LogP contribution in [0.5, 0.6) is 0 Å². The largest absolute Gasteiger partial charge is 0.433 e. The minimum atomic E-state index is -4.59. The summed E-state index contributed by atoms with van der Waals surface area (Å²) in [4.78, 5) is 7.09. The van der Waals surface area contributed by atoms with Crippen molar-refractivity contribution in [2.24, 2.45) is 5.84 Å². The fraction of sp³-hybridized carbons (Fsp3) is 0.636. The van der Waals surface area contributed by atoms with E-state index in [0.717, 1.165) is 18.9 Å². The molecule has 5 N–H and O–H groups in total. The lowest BCUT2D eigenvalue weighted by Gasteiger charge is -2.28. The molecule has 1 aliphatic rings. The maximum atomic E-state index is 12.7. The van der Waals surface area contributed by atoms with Crippen molar-refractivity contribution in [1.82, 2.24) is 9.97 Å². The van der Waals surface area contributed by atoms with Crippen molar-refractivity contribution in [2.45, 2.75) is 44.0 Å². The van der Waals surface area contributed by atoms with Crippen LogP contribution in [-0.2, 0) is 6.18 Å². The number of nitrogen functional groups attached to an aromatic ring is 1. The summed E-state index contributed by atoms with van der Waals surface area (Å²) in [5.41, 5.74) is 0.914. The Morgan fingerprint density at radius 3 is 2.55 bits per heavy atom. The summed E-state index contributed by atoms with van der Waals surface area (Å²) >= 11 is 0. The van der Waals surface area contributed by atoms with Gasteiger partial charge in [0.2, 0.25) is 5.95 Å². The van der Waals surface area contributed by atoms with Gasteiger partial charge < -0.3 is 10.4 Å². The fourth-order valence-electron chi connectivity index (χ4n) is 2.20. The maximum Gasteiger partial charge on any atom is 0.433 e. The molecule has 2 unspecified atom stereocenters. The van der Waals surface area contributed by atoms with E-state index in [1.54, 1.807) is 0 Å². The van der Waals surface area contributed by atoms with Crippen molar-refractivity contribution in [3.05, 3.63) is 11.8 Å². The molecule has 0 radical (unpaired) electrons. The Morgan fingerprint density at radius 1 is 1.25 bits per heavy atom. The smallest absolute Gasteiger partial charge is 0.391 e. The second-order valence-corrected chi connectivity index (χ2v) is 4.71. The highest BCUT2D eigenvalue weighted by Crippen LogP contribution is 2.30. The number of nitrogens with two attached hydrogens (primary N) is 1. The van der Waals surface area contributed by atoms with Gasteiger partial charge in [-0.15, -0.1) is 0 Å². The zero-order valence-electron chi connectivity index (χ0n) is 10.6. The van der Waals surface area contributed by atoms with Crippen molar-refractivity contribution in [1.29, 1.82) is 0 Å². The average Bonchev–Trinajstić information content (AvgIpc) is 2.40. The van der Waals surface area contributed by atoms with E-state index in [1.807, 2.05) is 5.43 Å². The summed E-state index contributed by atoms with van der Waals surface area (Å²) in [5, 5.41) is 12.6. The van der Waals surface area contributed by atoms with Gasteiger partial charge in [-0.05, 0) is 12.8 Å². The second-order valence-electron chi connectivity index (χ2n) is 4.71. The third-order valence-corrected chi connectivity index (χ3v) is 3.21. The summed E-state index contributed by atoms with van der Waals surface area (Å²) in [6, 6.07) is 0.493. The van der Waals surface area contributed by atoms with Crippen LogP contribution < -0.4 is 16.6 Å². The number of alkyl halides is 3. The predicted molar refractivity (Wildman–Crippen MR) is 66.7 cm³/mol. The van der Waals surface area contributed by atoms with E-state index >= 15 is 0 Å². The standard InChI is InChI=1S/C11H16F3N5O/c12-11(13,14)8-5-9(18-10(17-8)19-15)16-6-3-1-2-4-7(6)20/h5-7,20H,1-4,15H2,(H2,16,17,18,19). The van der Waals surface area contributed by atoms with Crippen molar-refractivity contribution in [2.75, 3.05) is 10.7 Å². The monoisotopic (exact) mass is 291 g/mol. The third kappa shape index (κ3) is 3.48. The third-order valence-electron chi connectivity index (χ3n) is 3.21. The topological polar surface area (TPSA) is 96.1 Å². The molecule has 2 atom stereocenters. The number of nitrogens with zero attached hydrogens (tertiary/aromatic N) is 2. The summed E-state index contributed by atoms with van der Waals surface area (Å²) in [7, 11) is 0. The molecule has 0 aliphatic heterocycles. The molecule has 20 heavy (non-hydrogen) atoms. The first-order chi connectivity index (χ1) is 9.40. The van der Waals surface area contributed by atoms with Crippen LogP contribution in [-0.4, -0.2) is 27.2 Å². The highest BCUT2D eigenvalue weighted by Gasteiger charge is 2.34. The molecule has 0 amide bonds. The highest BCUT2D eigenvalue weighted by atomic mass is 19.4. The number of rotatable bonds is 3. The van der Waals surface area contributed by atoms with Gasteiger partial charge in [0.1, 0.15) is 5.82 Å². The molecule has 0 saturated heterocycles. The van der Waals surface area contributed by atoms with Gasteiger partial charge in [-0.25, -0.2) is 10.8 Å². The molecular weight excluding hydrogens is 275 g/mol. The van der Waals surface area contributed by atoms with Crippen molar-refractivity contribution < 1.29 is 18.3 Å². The van der Waals surface area contributed by atoms with Gasteiger partial charge in [0, 0.05) is 6.07 Å². The van der Waals surface area contributed by atoms with Gasteiger partial charge in [-0.3, -0.25) is 5.43 Å². The van der Waals surface area contributed by atoms with Gasteiger partial charge in [-0.1, -0.05) is 12.8 Å². The molecule has 6 nitrogen and oxygen atoms in total. The van der Waals surface area contributed by atoms with Crippen LogP contribution in [0.2, 0.25) is 0 Å². The summed E-state index contributed by atoms with van der Waals surface area (Å²) in [6.45, 7) is 0. The van der Waals surface area contributed by atoms with E-state index in [2.05, 4.69) is 15.3 Å². The molecule has 1 heterocycles. The Bertz CT molecular complexity index is 468. The van der Waals surface area contributed by atoms with Crippen LogP contribution in [0.25, 0.3) is 0 Å². The molecule has 112 valence electrons. The number of anilines is 2. The Morgan fingerprint density at radius 2 is 1.95 bits per heavy atom. The molecule has 1 aromatic rings. The number of aliphatic hydroxyl groups is 1. The van der Waals surface area contributed by atoms with Crippen LogP contribution in [0.15, 0.2) is 6.07 Å². The predicted octanol–water partition coefficient (Wildman–Crippen LogP) is 1.50. The van der Waals surface area contributed by atoms with Crippen LogP contribution in [0.4, 0.5) is 24.9 Å². The number of halogens is 3. The number of nitrogens with one attached hydrogen (secondary N) is 2. The SMILES string of the molecule is NNc1nc(NC2CCCCC2O)cc(C(F)(F)F)n1. The Hall–Kier alpha value is -1.61. The van der Waals surface area contributed by atoms with E-state index in [9.17, 15) is 18.3 Å². The van der Waals surface area contributed by atoms with Crippen LogP contribution >= 0.6 is 0 Å². The number of aromatic nitrogens is 2. The van der Waals surface area contributed by atoms with Crippen LogP contribution in [0, 0.1) is 0 Å². The molecule has 1 aromatic heterocycles. The minimum absolute atomic E-state index is 0.00812. The minimum Gasteiger partial charge on any atom is -0.391 e. The molecule has 0 spiro atoms. The lowest BCUT2D eigenvalue weighted by atomic mass is 9.92. The number of hydrazine groups is 1. The number of hydrogen-bond donors (Lipinski definition) is 4. The first-order valence-corrected chi connectivity index (χ1v) is 6.27. The zero-order valence-corrected chi connectivity index (χ0v) is 10.6. The summed E-state index contributed by atoms with van der Waals surface area (Å²) in [6.07, 6.45) is -2.06. The lowest BCUT2D eigenvalue weighted by molar-refractivity contribution is -0.141. The van der Waals surface area contributed by atoms with Gasteiger partial charge in [0.25, 0.3) is 0 Å². The first-order valence-electron chi connectivity index (χ1n) is 6.27. The van der Waals surface area contributed by atoms with Crippen molar-refractivity contribution in [3.63, 3.8) is 0 Å². The highest BCUT2D eigenvalue weighted by molar-refractivity contribution is 5.43. The Kier molecular flexibility index (Phi) is 4.29. The number of aliphatic hydroxyl groups excluding tert-OH is 1. The molecular formula is C11H16F3N5O. The molecule has 1 fully saturated rings. The molecule has 1 saturated carbocycles. The van der Waals surface area contributed by atoms with Crippen molar-refractivity contribution >= 4 is 11.8 Å². The van der Waals surface area contributed by atoms with Gasteiger partial charge in [-0.2, -0.15) is 18.2 Å². The van der Waals surface area contributed by atoms with E-state index < -0.39 is 18.0 Å². The van der Waals surface area contributed by atoms with Gasteiger partial charge in [0.15, 0.2) is 5.69 Å². The van der Waals surface area contributed by atoms with Gasteiger partial charge in [0.05, 0.1) is 12.1 Å². The average molecular weight is 291 g/mol. The van der Waals surface area contributed by atoms with Crippen LogP contribution in [0.1, 0.15) is 31.4 Å². The quantitative estimate of drug-likeness (QED) is 0.498. The first kappa shape index (κ1) is 14.8. The second kappa shape index (κ2) is 5.80. The fourth-order valence-corrected chi connectivity index (χ4v) is 2.20. The normalized spacial score (nSPS) is 23.4. The van der Waals surface area contributed by atoms with Crippen LogP contribution in [0.3, 0.4) is 0 Å². The molecule has 0 bridgehead atoms. The molecule has 2 rings (SSSR count). The summed E-state index contributed by atoms with van der Waals surface area (Å²) in [5.74, 6) is 4.74. The Labute approximate surface area is 113 Å². The lowest BCUT2D eigenvalue weighted by Crippen LogP contribution is -2.36. The maximum absolute atomic E-state index is 12.7. The van der Waals surface area contributed by atoms with E-state index in [-0.39, 0.29) is 17.8 Å². The van der Waals surface area contributed by atoms with E-state index in [1.165, 1.54) is 0 Å². The Balaban J connectivity index is 2.22. The van der Waals surface area contributed by atoms with Gasteiger partial charge >= 0.3 is 6.18 Å². The van der Waals surface area contributed by atoms with E-state index in [4.69, 9.17) is 5.84 Å². The molecule has 0 aromatic carbocycles.